The van der Waals surface area contributed by atoms with Crippen LogP contribution in [0.1, 0.15) is 77.0 Å². The van der Waals surface area contributed by atoms with E-state index in [1.807, 2.05) is 0 Å². The third kappa shape index (κ3) is 11.1. The molecular formula is C19H32O6. The highest BCUT2D eigenvalue weighted by Gasteiger charge is 2.19. The van der Waals surface area contributed by atoms with Crippen LogP contribution < -0.4 is 0 Å². The Morgan fingerprint density at radius 3 is 2.72 bits per heavy atom. The van der Waals surface area contributed by atoms with Crippen molar-refractivity contribution in [2.24, 2.45) is 0 Å². The maximum Gasteiger partial charge on any atom is 0.306 e. The summed E-state index contributed by atoms with van der Waals surface area (Å²) in [6, 6.07) is 0. The zero-order chi connectivity index (χ0) is 18.5. The van der Waals surface area contributed by atoms with E-state index in [1.165, 1.54) is 0 Å². The third-order valence-electron chi connectivity index (χ3n) is 4.52. The Morgan fingerprint density at radius 1 is 1.20 bits per heavy atom. The summed E-state index contributed by atoms with van der Waals surface area (Å²) in [5.41, 5.74) is 0. The van der Waals surface area contributed by atoms with Gasteiger partial charge in [-0.15, -0.1) is 0 Å². The summed E-state index contributed by atoms with van der Waals surface area (Å²) in [6.07, 6.45) is 5.30. The Hall–Kier alpha value is -1.27. The molecule has 144 valence electrons. The van der Waals surface area contributed by atoms with Gasteiger partial charge >= 0.3 is 5.97 Å². The van der Waals surface area contributed by atoms with Crippen molar-refractivity contribution in [3.63, 3.8) is 0 Å². The fourth-order valence-electron chi connectivity index (χ4n) is 2.93. The van der Waals surface area contributed by atoms with Crippen molar-refractivity contribution in [3.8, 4) is 0 Å². The fraction of sp³-hybridized carbons (Fsp3) is 0.842. The number of esters is 1. The normalized spacial score (nSPS) is 20.8. The number of methoxy groups -OCH3 is 1. The number of carbonyl (C=O) groups excluding carboxylic acids is 3. The molecule has 1 N–H and O–H groups in total. The van der Waals surface area contributed by atoms with E-state index in [1.54, 1.807) is 7.11 Å². The summed E-state index contributed by atoms with van der Waals surface area (Å²) in [6.45, 7) is 0.608. The molecule has 0 aliphatic carbocycles. The number of hydrogen-bond acceptors (Lipinski definition) is 6. The quantitative estimate of drug-likeness (QED) is 0.478. The van der Waals surface area contributed by atoms with Gasteiger partial charge in [-0.25, -0.2) is 0 Å². The Labute approximate surface area is 150 Å². The summed E-state index contributed by atoms with van der Waals surface area (Å²) >= 11 is 0. The minimum atomic E-state index is -0.483. The molecule has 6 heteroatoms. The van der Waals surface area contributed by atoms with Crippen LogP contribution in [-0.4, -0.2) is 48.6 Å². The Balaban J connectivity index is 2.28. The van der Waals surface area contributed by atoms with Crippen molar-refractivity contribution in [2.75, 3.05) is 13.7 Å². The van der Waals surface area contributed by atoms with Crippen molar-refractivity contribution in [3.05, 3.63) is 0 Å². The molecule has 1 rings (SSSR count). The SMILES string of the molecule is COCCCC(O)CCC(=O)CCC1CCC(=O)CCCCC(=O)O1. The van der Waals surface area contributed by atoms with Gasteiger partial charge in [0.25, 0.3) is 0 Å². The lowest BCUT2D eigenvalue weighted by molar-refractivity contribution is -0.151. The van der Waals surface area contributed by atoms with Crippen LogP contribution in [0.25, 0.3) is 0 Å². The molecule has 1 fully saturated rings. The number of ether oxygens (including phenoxy) is 2. The molecule has 0 radical (unpaired) electrons. The monoisotopic (exact) mass is 356 g/mol. The predicted octanol–water partition coefficient (Wildman–Crippen LogP) is 2.74. The van der Waals surface area contributed by atoms with Gasteiger partial charge in [0, 0.05) is 45.8 Å². The summed E-state index contributed by atoms with van der Waals surface area (Å²) in [5, 5.41) is 9.82. The molecule has 2 atom stereocenters. The minimum Gasteiger partial charge on any atom is -0.462 e. The second kappa shape index (κ2) is 13.0. The van der Waals surface area contributed by atoms with Crippen molar-refractivity contribution in [2.45, 2.75) is 89.3 Å². The molecule has 1 aliphatic heterocycles. The van der Waals surface area contributed by atoms with Gasteiger partial charge in [-0.2, -0.15) is 0 Å². The second-order valence-electron chi connectivity index (χ2n) is 6.80. The predicted molar refractivity (Wildman–Crippen MR) is 93.2 cm³/mol. The highest BCUT2D eigenvalue weighted by molar-refractivity contribution is 5.79. The number of aliphatic hydroxyl groups is 1. The lowest BCUT2D eigenvalue weighted by Crippen LogP contribution is -2.22. The Kier molecular flexibility index (Phi) is 11.3. The lowest BCUT2D eigenvalue weighted by Gasteiger charge is -2.19. The van der Waals surface area contributed by atoms with Crippen molar-refractivity contribution in [1.29, 1.82) is 0 Å². The molecule has 0 aromatic carbocycles. The van der Waals surface area contributed by atoms with E-state index in [-0.39, 0.29) is 23.6 Å². The van der Waals surface area contributed by atoms with Crippen LogP contribution in [-0.2, 0) is 23.9 Å². The molecule has 1 heterocycles. The Bertz CT molecular complexity index is 420. The Morgan fingerprint density at radius 2 is 1.96 bits per heavy atom. The van der Waals surface area contributed by atoms with E-state index in [0.717, 1.165) is 12.8 Å². The van der Waals surface area contributed by atoms with Gasteiger partial charge in [0.15, 0.2) is 0 Å². The molecule has 0 aromatic heterocycles. The molecule has 1 saturated heterocycles. The van der Waals surface area contributed by atoms with Crippen molar-refractivity contribution < 1.29 is 29.0 Å². The first-order valence-electron chi connectivity index (χ1n) is 9.41. The van der Waals surface area contributed by atoms with Crippen LogP contribution in [0.5, 0.6) is 0 Å². The van der Waals surface area contributed by atoms with Crippen LogP contribution in [0.2, 0.25) is 0 Å². The first kappa shape index (κ1) is 21.8. The van der Waals surface area contributed by atoms with E-state index in [2.05, 4.69) is 0 Å². The zero-order valence-electron chi connectivity index (χ0n) is 15.3. The maximum atomic E-state index is 12.0. The molecule has 6 nitrogen and oxygen atoms in total. The van der Waals surface area contributed by atoms with Gasteiger partial charge < -0.3 is 14.6 Å². The molecule has 2 unspecified atom stereocenters. The van der Waals surface area contributed by atoms with Gasteiger partial charge in [-0.3, -0.25) is 14.4 Å². The standard InChI is InChI=1S/C19H32O6/c1-24-14-4-6-16(21)8-9-17(22)11-13-18-12-10-15(20)5-2-3-7-19(23)25-18/h16,18,21H,2-14H2,1H3. The molecule has 0 aromatic rings. The highest BCUT2D eigenvalue weighted by atomic mass is 16.5. The number of Topliss-reactive ketones (excluding diaryl/α,β-unsaturated/α-hetero) is 2. The number of cyclic esters (lactones) is 1. The number of rotatable bonds is 10. The smallest absolute Gasteiger partial charge is 0.306 e. The lowest BCUT2D eigenvalue weighted by atomic mass is 9.99. The molecule has 0 amide bonds. The summed E-state index contributed by atoms with van der Waals surface area (Å²) < 4.78 is 10.3. The van der Waals surface area contributed by atoms with Crippen LogP contribution in [0.4, 0.5) is 0 Å². The van der Waals surface area contributed by atoms with E-state index in [0.29, 0.717) is 70.8 Å². The van der Waals surface area contributed by atoms with Gasteiger partial charge in [0.2, 0.25) is 0 Å². The van der Waals surface area contributed by atoms with Gasteiger partial charge in [-0.1, -0.05) is 0 Å². The molecular weight excluding hydrogens is 324 g/mol. The third-order valence-corrected chi connectivity index (χ3v) is 4.52. The summed E-state index contributed by atoms with van der Waals surface area (Å²) in [4.78, 5) is 35.4. The van der Waals surface area contributed by atoms with Crippen molar-refractivity contribution in [1.82, 2.24) is 0 Å². The zero-order valence-corrected chi connectivity index (χ0v) is 15.3. The van der Waals surface area contributed by atoms with E-state index >= 15 is 0 Å². The minimum absolute atomic E-state index is 0.0604. The average molecular weight is 356 g/mol. The van der Waals surface area contributed by atoms with E-state index in [4.69, 9.17) is 9.47 Å². The second-order valence-corrected chi connectivity index (χ2v) is 6.80. The molecule has 0 spiro atoms. The largest absolute Gasteiger partial charge is 0.462 e. The van der Waals surface area contributed by atoms with Gasteiger partial charge in [0.05, 0.1) is 6.10 Å². The summed E-state index contributed by atoms with van der Waals surface area (Å²) in [5.74, 6) is 0.0269. The van der Waals surface area contributed by atoms with Crippen LogP contribution >= 0.6 is 0 Å². The van der Waals surface area contributed by atoms with E-state index in [9.17, 15) is 19.5 Å². The molecule has 25 heavy (non-hydrogen) atoms. The molecule has 1 aliphatic rings. The van der Waals surface area contributed by atoms with Crippen molar-refractivity contribution >= 4 is 17.5 Å². The fourth-order valence-corrected chi connectivity index (χ4v) is 2.93. The van der Waals surface area contributed by atoms with Gasteiger partial charge in [-0.05, 0) is 44.9 Å². The molecule has 0 bridgehead atoms. The number of hydrogen-bond donors (Lipinski definition) is 1. The summed E-state index contributed by atoms with van der Waals surface area (Å²) in [7, 11) is 1.62. The molecule has 0 saturated carbocycles. The van der Waals surface area contributed by atoms with Crippen LogP contribution in [0.15, 0.2) is 0 Å². The highest BCUT2D eigenvalue weighted by Crippen LogP contribution is 2.17. The number of carbonyl (C=O) groups is 3. The van der Waals surface area contributed by atoms with Crippen LogP contribution in [0, 0.1) is 0 Å². The van der Waals surface area contributed by atoms with E-state index < -0.39 is 6.10 Å². The number of aliphatic hydroxyl groups excluding tert-OH is 1. The van der Waals surface area contributed by atoms with Gasteiger partial charge in [0.1, 0.15) is 17.7 Å². The maximum absolute atomic E-state index is 12.0. The number of ketones is 2. The first-order chi connectivity index (χ1) is 12.0. The topological polar surface area (TPSA) is 89.9 Å². The van der Waals surface area contributed by atoms with Crippen LogP contribution in [0.3, 0.4) is 0 Å². The first-order valence-corrected chi connectivity index (χ1v) is 9.41. The average Bonchev–Trinajstić information content (AvgIpc) is 2.59.